The summed E-state index contributed by atoms with van der Waals surface area (Å²) in [6.07, 6.45) is 2.53. The molecule has 19 heavy (non-hydrogen) atoms. The first-order valence-electron chi connectivity index (χ1n) is 6.02. The Balaban J connectivity index is 2.05. The summed E-state index contributed by atoms with van der Waals surface area (Å²) < 4.78 is 10.5. The molecule has 1 N–H and O–H groups in total. The molecule has 1 aromatic carbocycles. The van der Waals surface area contributed by atoms with Crippen LogP contribution in [0.3, 0.4) is 0 Å². The quantitative estimate of drug-likeness (QED) is 0.747. The summed E-state index contributed by atoms with van der Waals surface area (Å²) in [6, 6.07) is 7.62. The van der Waals surface area contributed by atoms with Crippen molar-refractivity contribution in [1.82, 2.24) is 4.98 Å². The molecule has 0 amide bonds. The summed E-state index contributed by atoms with van der Waals surface area (Å²) in [5.41, 5.74) is 3.39. The number of benzene rings is 1. The Labute approximate surface area is 117 Å². The van der Waals surface area contributed by atoms with Gasteiger partial charge in [0.25, 0.3) is 0 Å². The monoisotopic (exact) mass is 321 g/mol. The second kappa shape index (κ2) is 4.74. The maximum absolute atomic E-state index is 11.2. The number of hydrogen-bond donors (Lipinski definition) is 1. The molecule has 3 aromatic rings. The molecule has 1 unspecified atom stereocenters. The summed E-state index contributed by atoms with van der Waals surface area (Å²) in [7, 11) is 0. The number of aromatic amines is 1. The molecular weight excluding hydrogens is 310 g/mol. The first-order chi connectivity index (χ1) is 9.19. The number of alkyl halides is 1. The van der Waals surface area contributed by atoms with Crippen molar-refractivity contribution in [2.75, 3.05) is 0 Å². The average molecular weight is 322 g/mol. The molecule has 0 aliphatic heterocycles. The fourth-order valence-electron chi connectivity index (χ4n) is 2.16. The maximum Gasteiger partial charge on any atom is 0.417 e. The third kappa shape index (κ3) is 2.14. The van der Waals surface area contributed by atoms with E-state index in [2.05, 4.69) is 27.8 Å². The maximum atomic E-state index is 11.2. The largest absolute Gasteiger partial charge is 0.469 e. The molecule has 0 aliphatic carbocycles. The topological polar surface area (TPSA) is 59.1 Å². The second-order valence-corrected chi connectivity index (χ2v) is 5.20. The number of fused-ring (bicyclic) bond motifs is 1. The summed E-state index contributed by atoms with van der Waals surface area (Å²) in [4.78, 5) is 13.8. The molecule has 0 spiro atoms. The van der Waals surface area contributed by atoms with E-state index in [0.29, 0.717) is 11.1 Å². The SMILES string of the molecule is CCc1occc1C(Br)c1ccc2[nH]c(=O)oc2c1. The van der Waals surface area contributed by atoms with E-state index < -0.39 is 5.76 Å². The van der Waals surface area contributed by atoms with Gasteiger partial charge in [0, 0.05) is 12.0 Å². The Kier molecular flexibility index (Phi) is 3.06. The van der Waals surface area contributed by atoms with Gasteiger partial charge in [0.05, 0.1) is 16.6 Å². The molecule has 0 fully saturated rings. The van der Waals surface area contributed by atoms with Gasteiger partial charge in [-0.2, -0.15) is 0 Å². The van der Waals surface area contributed by atoms with Gasteiger partial charge in [-0.3, -0.25) is 4.98 Å². The zero-order chi connectivity index (χ0) is 13.4. The molecule has 4 nitrogen and oxygen atoms in total. The van der Waals surface area contributed by atoms with Gasteiger partial charge in [0.2, 0.25) is 0 Å². The number of halogens is 1. The first kappa shape index (κ1) is 12.3. The van der Waals surface area contributed by atoms with Crippen LogP contribution in [0.4, 0.5) is 0 Å². The van der Waals surface area contributed by atoms with Crippen molar-refractivity contribution in [2.45, 2.75) is 18.2 Å². The van der Waals surface area contributed by atoms with Crippen molar-refractivity contribution < 1.29 is 8.83 Å². The lowest BCUT2D eigenvalue weighted by atomic mass is 10.0. The fourth-order valence-corrected chi connectivity index (χ4v) is 2.86. The van der Waals surface area contributed by atoms with Crippen LogP contribution < -0.4 is 5.76 Å². The lowest BCUT2D eigenvalue weighted by molar-refractivity contribution is 0.512. The number of aryl methyl sites for hydroxylation is 1. The number of furan rings is 1. The van der Waals surface area contributed by atoms with Gasteiger partial charge in [-0.05, 0) is 23.8 Å². The molecule has 2 heterocycles. The van der Waals surface area contributed by atoms with Crippen LogP contribution in [-0.4, -0.2) is 4.98 Å². The molecule has 2 aromatic heterocycles. The van der Waals surface area contributed by atoms with Crippen LogP contribution in [0.5, 0.6) is 0 Å². The minimum atomic E-state index is -0.434. The average Bonchev–Trinajstić information content (AvgIpc) is 3.01. The van der Waals surface area contributed by atoms with E-state index in [-0.39, 0.29) is 4.83 Å². The molecule has 0 radical (unpaired) electrons. The number of aromatic nitrogens is 1. The minimum Gasteiger partial charge on any atom is -0.469 e. The van der Waals surface area contributed by atoms with Crippen LogP contribution in [0.15, 0.2) is 44.2 Å². The van der Waals surface area contributed by atoms with Gasteiger partial charge in [-0.25, -0.2) is 4.79 Å². The predicted octanol–water partition coefficient (Wildman–Crippen LogP) is 3.76. The van der Waals surface area contributed by atoms with Gasteiger partial charge < -0.3 is 8.83 Å². The highest BCUT2D eigenvalue weighted by Gasteiger charge is 2.17. The molecule has 3 rings (SSSR count). The van der Waals surface area contributed by atoms with Crippen molar-refractivity contribution in [3.8, 4) is 0 Å². The van der Waals surface area contributed by atoms with Crippen LogP contribution in [0, 0.1) is 0 Å². The molecule has 5 heteroatoms. The summed E-state index contributed by atoms with van der Waals surface area (Å²) >= 11 is 3.67. The number of hydrogen-bond acceptors (Lipinski definition) is 3. The van der Waals surface area contributed by atoms with Gasteiger partial charge in [-0.15, -0.1) is 0 Å². The highest BCUT2D eigenvalue weighted by molar-refractivity contribution is 9.09. The van der Waals surface area contributed by atoms with Gasteiger partial charge >= 0.3 is 5.76 Å². The summed E-state index contributed by atoms with van der Waals surface area (Å²) in [5, 5.41) is 0. The van der Waals surface area contributed by atoms with E-state index in [1.54, 1.807) is 6.26 Å². The van der Waals surface area contributed by atoms with Crippen LogP contribution >= 0.6 is 15.9 Å². The number of rotatable bonds is 3. The van der Waals surface area contributed by atoms with E-state index in [1.165, 1.54) is 0 Å². The van der Waals surface area contributed by atoms with E-state index in [1.807, 2.05) is 24.3 Å². The molecular formula is C14H12BrNO3. The lowest BCUT2D eigenvalue weighted by Crippen LogP contribution is -1.94. The molecule has 0 saturated heterocycles. The normalized spacial score (nSPS) is 12.9. The van der Waals surface area contributed by atoms with Crippen molar-refractivity contribution >= 4 is 27.0 Å². The highest BCUT2D eigenvalue weighted by atomic mass is 79.9. The van der Waals surface area contributed by atoms with E-state index >= 15 is 0 Å². The molecule has 0 saturated carbocycles. The number of oxazole rings is 1. The number of H-pyrrole nitrogens is 1. The summed E-state index contributed by atoms with van der Waals surface area (Å²) in [5.74, 6) is 0.522. The van der Waals surface area contributed by atoms with Crippen LogP contribution in [-0.2, 0) is 6.42 Å². The Morgan fingerprint density at radius 3 is 3.00 bits per heavy atom. The smallest absolute Gasteiger partial charge is 0.417 e. The second-order valence-electron chi connectivity index (χ2n) is 4.29. The zero-order valence-electron chi connectivity index (χ0n) is 10.3. The van der Waals surface area contributed by atoms with Crippen molar-refractivity contribution in [2.24, 2.45) is 0 Å². The molecule has 1 atom stereocenters. The first-order valence-corrected chi connectivity index (χ1v) is 6.93. The Bertz CT molecular complexity index is 768. The highest BCUT2D eigenvalue weighted by Crippen LogP contribution is 2.34. The van der Waals surface area contributed by atoms with E-state index in [9.17, 15) is 4.79 Å². The molecule has 0 bridgehead atoms. The van der Waals surface area contributed by atoms with Crippen LogP contribution in [0.1, 0.15) is 28.6 Å². The Hall–Kier alpha value is -1.75. The molecule has 98 valence electrons. The van der Waals surface area contributed by atoms with Gasteiger partial charge in [0.15, 0.2) is 5.58 Å². The van der Waals surface area contributed by atoms with Gasteiger partial charge in [0.1, 0.15) is 5.76 Å². The Morgan fingerprint density at radius 1 is 1.37 bits per heavy atom. The van der Waals surface area contributed by atoms with Crippen LogP contribution in [0.2, 0.25) is 0 Å². The standard InChI is InChI=1S/C14H12BrNO3/c1-2-11-9(5-6-18-11)13(15)8-3-4-10-12(7-8)19-14(17)16-10/h3-7,13H,2H2,1H3,(H,16,17). The third-order valence-electron chi connectivity index (χ3n) is 3.11. The van der Waals surface area contributed by atoms with E-state index in [0.717, 1.165) is 23.3 Å². The van der Waals surface area contributed by atoms with Crippen molar-refractivity contribution in [3.63, 3.8) is 0 Å². The minimum absolute atomic E-state index is 0.0193. The zero-order valence-corrected chi connectivity index (χ0v) is 11.9. The van der Waals surface area contributed by atoms with Crippen molar-refractivity contribution in [1.29, 1.82) is 0 Å². The van der Waals surface area contributed by atoms with Gasteiger partial charge in [-0.1, -0.05) is 28.9 Å². The Morgan fingerprint density at radius 2 is 2.21 bits per heavy atom. The predicted molar refractivity (Wildman–Crippen MR) is 75.7 cm³/mol. The fraction of sp³-hybridized carbons (Fsp3) is 0.214. The van der Waals surface area contributed by atoms with E-state index in [4.69, 9.17) is 8.83 Å². The summed E-state index contributed by atoms with van der Waals surface area (Å²) in [6.45, 7) is 2.05. The van der Waals surface area contributed by atoms with Crippen LogP contribution in [0.25, 0.3) is 11.1 Å². The van der Waals surface area contributed by atoms with Crippen molar-refractivity contribution in [3.05, 3.63) is 58.0 Å². The third-order valence-corrected chi connectivity index (χ3v) is 4.13. The lowest BCUT2D eigenvalue weighted by Gasteiger charge is -2.09. The number of nitrogens with one attached hydrogen (secondary N) is 1. The molecule has 0 aliphatic rings.